The summed E-state index contributed by atoms with van der Waals surface area (Å²) in [7, 11) is 0. The molecule has 7 rings (SSSR count). The zero-order valence-electron chi connectivity index (χ0n) is 24.1. The summed E-state index contributed by atoms with van der Waals surface area (Å²) in [6, 6.07) is 14.4. The van der Waals surface area contributed by atoms with Gasteiger partial charge in [-0.1, -0.05) is 6.42 Å². The molecule has 3 fully saturated rings. The maximum atomic E-state index is 13.3. The number of anilines is 1. The van der Waals surface area contributed by atoms with Crippen molar-refractivity contribution >= 4 is 22.6 Å². The highest BCUT2D eigenvalue weighted by atomic mass is 19.1. The lowest BCUT2D eigenvalue weighted by atomic mass is 9.91. The minimum absolute atomic E-state index is 0.0424. The number of rotatable bonds is 5. The van der Waals surface area contributed by atoms with Crippen LogP contribution in [0.1, 0.15) is 42.5 Å². The fourth-order valence-corrected chi connectivity index (χ4v) is 6.82. The molecule has 224 valence electrons. The number of piperidine rings is 2. The van der Waals surface area contributed by atoms with Gasteiger partial charge in [0.05, 0.1) is 24.0 Å². The molecule has 3 saturated heterocycles. The highest BCUT2D eigenvalue weighted by Crippen LogP contribution is 2.28. The lowest BCUT2D eigenvalue weighted by Gasteiger charge is -2.45. The van der Waals surface area contributed by atoms with Crippen molar-refractivity contribution in [2.45, 2.75) is 50.3 Å². The van der Waals surface area contributed by atoms with Gasteiger partial charge >= 0.3 is 0 Å². The van der Waals surface area contributed by atoms with E-state index in [0.29, 0.717) is 54.3 Å². The molecule has 43 heavy (non-hydrogen) atoms. The molecule has 5 heterocycles. The number of nitrogens with zero attached hydrogens (tertiary/aromatic N) is 7. The third-order valence-electron chi connectivity index (χ3n) is 9.39. The summed E-state index contributed by atoms with van der Waals surface area (Å²) in [5.74, 6) is -0.406. The molecular weight excluding hydrogens is 549 g/mol. The van der Waals surface area contributed by atoms with Crippen molar-refractivity contribution in [1.29, 1.82) is 0 Å². The molecule has 0 saturated carbocycles. The Morgan fingerprint density at radius 2 is 1.70 bits per heavy atom. The minimum Gasteiger partial charge on any atom is -0.388 e. The second-order valence-corrected chi connectivity index (χ2v) is 12.1. The number of aromatic nitrogens is 4. The topological polar surface area (TPSA) is 99.7 Å². The fourth-order valence-electron chi connectivity index (χ4n) is 6.82. The summed E-state index contributed by atoms with van der Waals surface area (Å²) >= 11 is 0. The lowest BCUT2D eigenvalue weighted by molar-refractivity contribution is -0.0299. The van der Waals surface area contributed by atoms with Crippen LogP contribution in [0.15, 0.2) is 65.8 Å². The van der Waals surface area contributed by atoms with Crippen molar-refractivity contribution < 1.29 is 14.3 Å². The van der Waals surface area contributed by atoms with E-state index in [1.807, 2.05) is 12.1 Å². The van der Waals surface area contributed by atoms with E-state index in [1.54, 1.807) is 17.0 Å². The Balaban J connectivity index is 0.981. The van der Waals surface area contributed by atoms with Gasteiger partial charge in [0.25, 0.3) is 11.5 Å². The molecule has 4 aromatic rings. The average Bonchev–Trinajstić information content (AvgIpc) is 3.47. The number of fused-ring (bicyclic) bond motifs is 2. The number of carbonyl (C=O) groups excluding carboxylic acids is 1. The molecule has 0 bridgehead atoms. The van der Waals surface area contributed by atoms with E-state index in [0.717, 1.165) is 25.3 Å². The molecule has 10 nitrogen and oxygen atoms in total. The monoisotopic (exact) mass is 585 g/mol. The Morgan fingerprint density at radius 1 is 0.953 bits per heavy atom. The minimum atomic E-state index is -1.14. The van der Waals surface area contributed by atoms with Crippen LogP contribution >= 0.6 is 0 Å². The smallest absolute Gasteiger partial charge is 0.264 e. The van der Waals surface area contributed by atoms with Gasteiger partial charge in [0.1, 0.15) is 17.5 Å². The van der Waals surface area contributed by atoms with Gasteiger partial charge in [0.2, 0.25) is 0 Å². The Hall–Kier alpha value is -4.09. The van der Waals surface area contributed by atoms with Gasteiger partial charge in [-0.2, -0.15) is 5.10 Å². The van der Waals surface area contributed by atoms with Gasteiger partial charge in [-0.15, -0.1) is 0 Å². The van der Waals surface area contributed by atoms with Crippen LogP contribution in [0.2, 0.25) is 0 Å². The molecule has 3 aliphatic heterocycles. The quantitative estimate of drug-likeness (QED) is 0.384. The van der Waals surface area contributed by atoms with Crippen LogP contribution in [0.25, 0.3) is 16.7 Å². The van der Waals surface area contributed by atoms with E-state index in [1.165, 1.54) is 59.7 Å². The molecule has 2 aromatic carbocycles. The number of hydrogen-bond acceptors (Lipinski definition) is 7. The van der Waals surface area contributed by atoms with Gasteiger partial charge in [-0.3, -0.25) is 19.1 Å². The van der Waals surface area contributed by atoms with E-state index in [9.17, 15) is 19.1 Å². The third-order valence-corrected chi connectivity index (χ3v) is 9.39. The number of likely N-dealkylation sites (tertiary alicyclic amines) is 1. The number of amides is 1. The van der Waals surface area contributed by atoms with Crippen molar-refractivity contribution in [1.82, 2.24) is 29.1 Å². The summed E-state index contributed by atoms with van der Waals surface area (Å²) in [5.41, 5.74) is 1.31. The average molecular weight is 586 g/mol. The molecule has 1 amide bonds. The van der Waals surface area contributed by atoms with Crippen LogP contribution in [0.3, 0.4) is 0 Å². The summed E-state index contributed by atoms with van der Waals surface area (Å²) < 4.78 is 16.2. The van der Waals surface area contributed by atoms with E-state index in [4.69, 9.17) is 0 Å². The fraction of sp³-hybridized carbons (Fsp3) is 0.438. The summed E-state index contributed by atoms with van der Waals surface area (Å²) in [6.45, 7) is 5.22. The predicted octanol–water partition coefficient (Wildman–Crippen LogP) is 3.06. The third kappa shape index (κ3) is 5.43. The van der Waals surface area contributed by atoms with Gasteiger partial charge in [-0.05, 0) is 80.8 Å². The van der Waals surface area contributed by atoms with Crippen molar-refractivity contribution in [2.75, 3.05) is 44.2 Å². The van der Waals surface area contributed by atoms with Crippen molar-refractivity contribution in [3.05, 3.63) is 82.8 Å². The Labute approximate surface area is 249 Å². The Morgan fingerprint density at radius 3 is 2.47 bits per heavy atom. The summed E-state index contributed by atoms with van der Waals surface area (Å²) in [6.07, 6.45) is 7.43. The van der Waals surface area contributed by atoms with Crippen molar-refractivity contribution in [3.63, 3.8) is 0 Å². The van der Waals surface area contributed by atoms with Crippen LogP contribution in [0.5, 0.6) is 0 Å². The zero-order valence-corrected chi connectivity index (χ0v) is 24.1. The lowest BCUT2D eigenvalue weighted by Crippen LogP contribution is -2.54. The maximum absolute atomic E-state index is 13.3. The molecule has 1 N–H and O–H groups in total. The molecule has 0 radical (unpaired) electrons. The first-order valence-electron chi connectivity index (χ1n) is 15.2. The number of hydrogen-bond donors (Lipinski definition) is 1. The number of halogens is 1. The van der Waals surface area contributed by atoms with Crippen LogP contribution in [0, 0.1) is 5.82 Å². The second kappa shape index (κ2) is 11.2. The van der Waals surface area contributed by atoms with E-state index >= 15 is 0 Å². The highest BCUT2D eigenvalue weighted by molar-refractivity contribution is 5.94. The van der Waals surface area contributed by atoms with Gasteiger partial charge in [-0.25, -0.2) is 14.1 Å². The van der Waals surface area contributed by atoms with E-state index < -0.39 is 5.60 Å². The predicted molar refractivity (Wildman–Crippen MR) is 161 cm³/mol. The van der Waals surface area contributed by atoms with Crippen LogP contribution in [-0.4, -0.2) is 91.1 Å². The summed E-state index contributed by atoms with van der Waals surface area (Å²) in [5, 5.41) is 16.0. The van der Waals surface area contributed by atoms with Crippen LogP contribution < -0.4 is 10.5 Å². The highest BCUT2D eigenvalue weighted by Gasteiger charge is 2.35. The number of benzene rings is 2. The van der Waals surface area contributed by atoms with E-state index in [2.05, 4.69) is 32.0 Å². The van der Waals surface area contributed by atoms with Gasteiger partial charge < -0.3 is 14.9 Å². The number of carbonyl (C=O) groups is 1. The SMILES string of the molecule is O=C(c1ccc(N2CCN3CCCC[C@@H]3C2)cc1)N1CCC(O)(Cn2cnc3c(cnn3-c3ccc(F)cc3)c2=O)CC1. The number of piperazine rings is 1. The Bertz CT molecular complexity index is 1680. The number of aliphatic hydroxyl groups is 1. The van der Waals surface area contributed by atoms with Gasteiger partial charge in [0.15, 0.2) is 5.65 Å². The second-order valence-electron chi connectivity index (χ2n) is 12.1. The van der Waals surface area contributed by atoms with Gasteiger partial charge in [0, 0.05) is 50.0 Å². The molecule has 0 unspecified atom stereocenters. The van der Waals surface area contributed by atoms with Crippen molar-refractivity contribution in [3.8, 4) is 5.69 Å². The molecule has 1 atom stereocenters. The largest absolute Gasteiger partial charge is 0.388 e. The molecule has 2 aromatic heterocycles. The molecule has 3 aliphatic rings. The molecule has 11 heteroatoms. The first kappa shape index (κ1) is 27.7. The molecule has 0 aliphatic carbocycles. The van der Waals surface area contributed by atoms with Crippen LogP contribution in [0.4, 0.5) is 10.1 Å². The maximum Gasteiger partial charge on any atom is 0.264 e. The summed E-state index contributed by atoms with van der Waals surface area (Å²) in [4.78, 5) is 37.8. The van der Waals surface area contributed by atoms with Crippen LogP contribution in [-0.2, 0) is 6.54 Å². The first-order chi connectivity index (χ1) is 20.9. The molecule has 0 spiro atoms. The first-order valence-corrected chi connectivity index (χ1v) is 15.2. The Kier molecular flexibility index (Phi) is 7.22. The zero-order chi connectivity index (χ0) is 29.6. The van der Waals surface area contributed by atoms with Crippen molar-refractivity contribution in [2.24, 2.45) is 0 Å². The standard InChI is InChI=1S/C32H36FN7O3/c33-24-6-10-26(11-7-24)40-29-28(19-35-40)31(42)39(22-34-29)21-32(43)12-15-37(16-13-32)30(41)23-4-8-25(9-5-23)38-18-17-36-14-2-1-3-27(36)20-38/h4-11,19,22,27,43H,1-3,12-18,20-21H2/t27-/m1/s1. The molecular formula is C32H36FN7O3. The van der Waals surface area contributed by atoms with E-state index in [-0.39, 0.29) is 23.8 Å². The normalized spacial score (nSPS) is 20.7.